The minimum atomic E-state index is -0.856. The molecule has 0 unspecified atom stereocenters. The minimum Gasteiger partial charge on any atom is -0.478 e. The number of carboxylic acids is 1. The van der Waals surface area contributed by atoms with E-state index in [1.54, 1.807) is 12.1 Å². The Bertz CT molecular complexity index is 416. The number of rotatable bonds is 6. The summed E-state index contributed by atoms with van der Waals surface area (Å²) in [6, 6.07) is 7.28. The first-order chi connectivity index (χ1) is 9.69. The van der Waals surface area contributed by atoms with Crippen LogP contribution in [-0.2, 0) is 11.2 Å². The van der Waals surface area contributed by atoms with Crippen LogP contribution in [0.25, 0.3) is 0 Å². The fourth-order valence-corrected chi connectivity index (χ4v) is 3.01. The van der Waals surface area contributed by atoms with Crippen LogP contribution in [0.3, 0.4) is 0 Å². The van der Waals surface area contributed by atoms with Crippen LogP contribution in [0.15, 0.2) is 24.3 Å². The normalized spacial score (nSPS) is 22.6. The van der Waals surface area contributed by atoms with Gasteiger partial charge in [-0.25, -0.2) is 4.79 Å². The molecule has 0 aliphatic heterocycles. The molecular weight excluding hydrogens is 252 g/mol. The fraction of sp³-hybridized carbons (Fsp3) is 0.588. The molecule has 1 aliphatic rings. The first-order valence-electron chi connectivity index (χ1n) is 7.63. The number of aryl methyl sites for hydroxylation is 1. The second-order valence-electron chi connectivity index (χ2n) is 5.64. The number of carboxylic acid groups (broad SMARTS) is 1. The minimum absolute atomic E-state index is 0.367. The lowest BCUT2D eigenvalue weighted by Crippen LogP contribution is -2.21. The molecular formula is C17H24O3. The smallest absolute Gasteiger partial charge is 0.335 e. The van der Waals surface area contributed by atoms with Gasteiger partial charge in [0.2, 0.25) is 0 Å². The second-order valence-corrected chi connectivity index (χ2v) is 5.64. The number of carbonyl (C=O) groups is 1. The monoisotopic (exact) mass is 276 g/mol. The Balaban J connectivity index is 1.74. The molecule has 0 saturated heterocycles. The average molecular weight is 276 g/mol. The van der Waals surface area contributed by atoms with Gasteiger partial charge in [-0.15, -0.1) is 0 Å². The van der Waals surface area contributed by atoms with Crippen molar-refractivity contribution in [2.75, 3.05) is 6.61 Å². The molecule has 20 heavy (non-hydrogen) atoms. The lowest BCUT2D eigenvalue weighted by molar-refractivity contribution is 0.0248. The summed E-state index contributed by atoms with van der Waals surface area (Å²) in [5.74, 6) is -0.0587. The summed E-state index contributed by atoms with van der Waals surface area (Å²) < 4.78 is 5.67. The van der Waals surface area contributed by atoms with Gasteiger partial charge >= 0.3 is 5.97 Å². The molecule has 1 aromatic carbocycles. The summed E-state index contributed by atoms with van der Waals surface area (Å²) in [7, 11) is 0. The lowest BCUT2D eigenvalue weighted by atomic mass is 9.83. The van der Waals surface area contributed by atoms with Crippen molar-refractivity contribution < 1.29 is 14.6 Å². The standard InChI is InChI=1S/C17H24O3/c1-2-20-16-11-7-14(8-12-16)4-3-13-5-9-15(10-6-13)17(18)19/h5-6,9-10,14,16H,2-4,7-8,11-12H2,1H3,(H,18,19). The van der Waals surface area contributed by atoms with Gasteiger partial charge in [0.15, 0.2) is 0 Å². The third kappa shape index (κ3) is 4.34. The van der Waals surface area contributed by atoms with Crippen molar-refractivity contribution in [1.82, 2.24) is 0 Å². The Hall–Kier alpha value is -1.35. The molecule has 1 N–H and O–H groups in total. The molecule has 1 aromatic rings. The molecule has 110 valence electrons. The summed E-state index contributed by atoms with van der Waals surface area (Å²) in [4.78, 5) is 10.8. The summed E-state index contributed by atoms with van der Waals surface area (Å²) in [5, 5.41) is 8.87. The summed E-state index contributed by atoms with van der Waals surface area (Å²) in [6.45, 7) is 2.89. The van der Waals surface area contributed by atoms with E-state index in [1.807, 2.05) is 12.1 Å². The maximum Gasteiger partial charge on any atom is 0.335 e. The van der Waals surface area contributed by atoms with Crippen molar-refractivity contribution in [3.8, 4) is 0 Å². The van der Waals surface area contributed by atoms with Gasteiger partial charge in [0.25, 0.3) is 0 Å². The van der Waals surface area contributed by atoms with E-state index in [0.717, 1.165) is 18.9 Å². The van der Waals surface area contributed by atoms with Crippen molar-refractivity contribution in [2.24, 2.45) is 5.92 Å². The topological polar surface area (TPSA) is 46.5 Å². The largest absolute Gasteiger partial charge is 0.478 e. The van der Waals surface area contributed by atoms with Gasteiger partial charge in [-0.05, 0) is 69.1 Å². The van der Waals surface area contributed by atoms with Crippen LogP contribution in [0.1, 0.15) is 54.9 Å². The van der Waals surface area contributed by atoms with Crippen molar-refractivity contribution in [1.29, 1.82) is 0 Å². The van der Waals surface area contributed by atoms with Gasteiger partial charge in [-0.2, -0.15) is 0 Å². The Morgan fingerprint density at radius 1 is 1.20 bits per heavy atom. The van der Waals surface area contributed by atoms with E-state index in [-0.39, 0.29) is 0 Å². The highest BCUT2D eigenvalue weighted by Gasteiger charge is 2.20. The number of hydrogen-bond donors (Lipinski definition) is 1. The van der Waals surface area contributed by atoms with Crippen LogP contribution in [-0.4, -0.2) is 23.8 Å². The second kappa shape index (κ2) is 7.44. The molecule has 0 aromatic heterocycles. The molecule has 0 atom stereocenters. The highest BCUT2D eigenvalue weighted by Crippen LogP contribution is 2.29. The van der Waals surface area contributed by atoms with Crippen molar-refractivity contribution in [3.05, 3.63) is 35.4 Å². The van der Waals surface area contributed by atoms with E-state index in [1.165, 1.54) is 37.7 Å². The van der Waals surface area contributed by atoms with Crippen LogP contribution < -0.4 is 0 Å². The van der Waals surface area contributed by atoms with E-state index >= 15 is 0 Å². The van der Waals surface area contributed by atoms with Crippen LogP contribution in [0.2, 0.25) is 0 Å². The van der Waals surface area contributed by atoms with E-state index in [0.29, 0.717) is 11.7 Å². The first kappa shape index (κ1) is 15.0. The van der Waals surface area contributed by atoms with Crippen LogP contribution in [0, 0.1) is 5.92 Å². The highest BCUT2D eigenvalue weighted by molar-refractivity contribution is 5.87. The molecule has 1 aliphatic carbocycles. The van der Waals surface area contributed by atoms with E-state index < -0.39 is 5.97 Å². The Morgan fingerprint density at radius 2 is 1.85 bits per heavy atom. The molecule has 0 spiro atoms. The Morgan fingerprint density at radius 3 is 2.40 bits per heavy atom. The number of aromatic carboxylic acids is 1. The molecule has 0 amide bonds. The van der Waals surface area contributed by atoms with Crippen molar-refractivity contribution in [2.45, 2.75) is 51.6 Å². The molecule has 1 saturated carbocycles. The van der Waals surface area contributed by atoms with E-state index in [9.17, 15) is 4.79 Å². The summed E-state index contributed by atoms with van der Waals surface area (Å²) in [5.41, 5.74) is 1.60. The van der Waals surface area contributed by atoms with Crippen LogP contribution in [0.4, 0.5) is 0 Å². The molecule has 0 radical (unpaired) electrons. The van der Waals surface area contributed by atoms with Gasteiger partial charge in [0.1, 0.15) is 0 Å². The van der Waals surface area contributed by atoms with Gasteiger partial charge in [-0.1, -0.05) is 12.1 Å². The SMILES string of the molecule is CCOC1CCC(CCc2ccc(C(=O)O)cc2)CC1. The zero-order chi connectivity index (χ0) is 14.4. The molecule has 3 nitrogen and oxygen atoms in total. The lowest BCUT2D eigenvalue weighted by Gasteiger charge is -2.28. The number of ether oxygens (including phenoxy) is 1. The van der Waals surface area contributed by atoms with Crippen molar-refractivity contribution in [3.63, 3.8) is 0 Å². The number of hydrogen-bond acceptors (Lipinski definition) is 2. The maximum absolute atomic E-state index is 10.8. The Labute approximate surface area is 121 Å². The molecule has 1 fully saturated rings. The van der Waals surface area contributed by atoms with Crippen LogP contribution in [0.5, 0.6) is 0 Å². The summed E-state index contributed by atoms with van der Waals surface area (Å²) in [6.07, 6.45) is 7.63. The van der Waals surface area contributed by atoms with Crippen molar-refractivity contribution >= 4 is 5.97 Å². The van der Waals surface area contributed by atoms with Gasteiger partial charge in [0.05, 0.1) is 11.7 Å². The fourth-order valence-electron chi connectivity index (χ4n) is 3.01. The Kier molecular flexibility index (Phi) is 5.60. The molecule has 0 bridgehead atoms. The molecule has 3 heteroatoms. The van der Waals surface area contributed by atoms with Gasteiger partial charge in [-0.3, -0.25) is 0 Å². The predicted molar refractivity (Wildman–Crippen MR) is 79.1 cm³/mol. The highest BCUT2D eigenvalue weighted by atomic mass is 16.5. The average Bonchev–Trinajstić information content (AvgIpc) is 2.47. The van der Waals surface area contributed by atoms with E-state index in [2.05, 4.69) is 6.92 Å². The molecule has 2 rings (SSSR count). The predicted octanol–water partition coefficient (Wildman–Crippen LogP) is 3.91. The van der Waals surface area contributed by atoms with Gasteiger partial charge in [0, 0.05) is 6.61 Å². The quantitative estimate of drug-likeness (QED) is 0.856. The van der Waals surface area contributed by atoms with E-state index in [4.69, 9.17) is 9.84 Å². The third-order valence-corrected chi connectivity index (χ3v) is 4.24. The third-order valence-electron chi connectivity index (χ3n) is 4.24. The number of benzene rings is 1. The van der Waals surface area contributed by atoms with Crippen LogP contribution >= 0.6 is 0 Å². The molecule has 0 heterocycles. The zero-order valence-electron chi connectivity index (χ0n) is 12.2. The maximum atomic E-state index is 10.8. The van der Waals surface area contributed by atoms with Gasteiger partial charge < -0.3 is 9.84 Å². The summed E-state index contributed by atoms with van der Waals surface area (Å²) >= 11 is 0. The zero-order valence-corrected chi connectivity index (χ0v) is 12.2. The first-order valence-corrected chi connectivity index (χ1v) is 7.63.